The number of rotatable bonds is 8. The number of carbonyl (C=O) groups excluding carboxylic acids is 2. The summed E-state index contributed by atoms with van der Waals surface area (Å²) in [6.45, 7) is 7.70. The summed E-state index contributed by atoms with van der Waals surface area (Å²) in [6.07, 6.45) is 1.89. The van der Waals surface area contributed by atoms with Gasteiger partial charge in [0, 0.05) is 48.7 Å². The number of hydrogen-bond acceptors (Lipinski definition) is 4. The van der Waals surface area contributed by atoms with Crippen LogP contribution in [0.15, 0.2) is 72.8 Å². The molecule has 1 aliphatic heterocycles. The van der Waals surface area contributed by atoms with Crippen LogP contribution in [-0.2, 0) is 6.42 Å². The molecule has 0 bridgehead atoms. The number of piperazine rings is 1. The maximum atomic E-state index is 12.8. The van der Waals surface area contributed by atoms with Crippen LogP contribution in [0, 0.1) is 0 Å². The number of ether oxygens (including phenoxy) is 1. The summed E-state index contributed by atoms with van der Waals surface area (Å²) in [5.74, 6) is 0.624. The van der Waals surface area contributed by atoms with Gasteiger partial charge in [0.2, 0.25) is 0 Å². The molecule has 1 N–H and O–H groups in total. The Hall–Kier alpha value is -3.80. The van der Waals surface area contributed by atoms with Crippen LogP contribution in [0.2, 0.25) is 0 Å². The van der Waals surface area contributed by atoms with Gasteiger partial charge in [-0.1, -0.05) is 32.0 Å². The summed E-state index contributed by atoms with van der Waals surface area (Å²) >= 11 is 0. The number of amides is 2. The lowest BCUT2D eigenvalue weighted by Crippen LogP contribution is -2.48. The molecule has 0 saturated carbocycles. The van der Waals surface area contributed by atoms with E-state index in [1.165, 1.54) is 5.56 Å². The molecule has 6 nitrogen and oxygen atoms in total. The molecule has 0 radical (unpaired) electrons. The molecule has 1 fully saturated rings. The van der Waals surface area contributed by atoms with E-state index in [0.29, 0.717) is 31.0 Å². The fourth-order valence-electron chi connectivity index (χ4n) is 4.14. The first-order valence-electron chi connectivity index (χ1n) is 12.3. The summed E-state index contributed by atoms with van der Waals surface area (Å²) in [7, 11) is 0. The van der Waals surface area contributed by atoms with E-state index in [0.717, 1.165) is 42.9 Å². The van der Waals surface area contributed by atoms with Gasteiger partial charge in [-0.2, -0.15) is 0 Å². The number of benzene rings is 3. The number of nitrogens with zero attached hydrogens (tertiary/aromatic N) is 2. The van der Waals surface area contributed by atoms with Crippen molar-refractivity contribution in [2.75, 3.05) is 43.0 Å². The quantitative estimate of drug-likeness (QED) is 0.487. The minimum Gasteiger partial charge on any atom is -0.494 e. The topological polar surface area (TPSA) is 61.9 Å². The highest BCUT2D eigenvalue weighted by atomic mass is 16.5. The molecule has 0 aromatic heterocycles. The van der Waals surface area contributed by atoms with Crippen molar-refractivity contribution in [2.24, 2.45) is 0 Å². The van der Waals surface area contributed by atoms with Crippen LogP contribution >= 0.6 is 0 Å². The number of hydrogen-bond donors (Lipinski definition) is 1. The van der Waals surface area contributed by atoms with Crippen LogP contribution < -0.4 is 15.0 Å². The van der Waals surface area contributed by atoms with Gasteiger partial charge >= 0.3 is 0 Å². The summed E-state index contributed by atoms with van der Waals surface area (Å²) in [5, 5.41) is 2.95. The van der Waals surface area contributed by atoms with E-state index in [2.05, 4.69) is 17.1 Å². The first kappa shape index (κ1) is 24.3. The normalized spacial score (nSPS) is 13.4. The lowest BCUT2D eigenvalue weighted by molar-refractivity contribution is 0.0746. The zero-order chi connectivity index (χ0) is 24.6. The Morgan fingerprint density at radius 1 is 0.857 bits per heavy atom. The van der Waals surface area contributed by atoms with Gasteiger partial charge in [0.15, 0.2) is 0 Å². The molecule has 0 spiro atoms. The summed E-state index contributed by atoms with van der Waals surface area (Å²) in [6, 6.07) is 23.0. The summed E-state index contributed by atoms with van der Waals surface area (Å²) < 4.78 is 5.63. The molecule has 3 aromatic carbocycles. The second-order valence-electron chi connectivity index (χ2n) is 8.71. The number of anilines is 2. The molecule has 3 aromatic rings. The molecule has 1 aliphatic rings. The molecule has 4 rings (SSSR count). The standard InChI is InChI=1S/C29H33N3O3/c1-3-20-35-27-7-5-6-24(21-27)28(33)30-25-12-14-26(15-13-25)31-16-18-32(19-17-31)29(34)23-10-8-22(4-2)9-11-23/h5-15,21H,3-4,16-20H2,1-2H3,(H,30,33). The molecule has 0 aliphatic carbocycles. The lowest BCUT2D eigenvalue weighted by Gasteiger charge is -2.36. The highest BCUT2D eigenvalue weighted by Gasteiger charge is 2.22. The maximum absolute atomic E-state index is 12.8. The Kier molecular flexibility index (Phi) is 8.03. The highest BCUT2D eigenvalue weighted by molar-refractivity contribution is 6.04. The van der Waals surface area contributed by atoms with Crippen molar-refractivity contribution in [3.05, 3.63) is 89.5 Å². The van der Waals surface area contributed by atoms with E-state index in [1.54, 1.807) is 12.1 Å². The highest BCUT2D eigenvalue weighted by Crippen LogP contribution is 2.21. The number of carbonyl (C=O) groups is 2. The Balaban J connectivity index is 1.30. The molecule has 2 amide bonds. The molecule has 0 atom stereocenters. The van der Waals surface area contributed by atoms with Crippen LogP contribution in [0.4, 0.5) is 11.4 Å². The third-order valence-electron chi connectivity index (χ3n) is 6.24. The van der Waals surface area contributed by atoms with Crippen LogP contribution in [0.25, 0.3) is 0 Å². The van der Waals surface area contributed by atoms with Crippen molar-refractivity contribution in [3.8, 4) is 5.75 Å². The maximum Gasteiger partial charge on any atom is 0.255 e. The van der Waals surface area contributed by atoms with Crippen molar-refractivity contribution in [3.63, 3.8) is 0 Å². The molecule has 1 saturated heterocycles. The van der Waals surface area contributed by atoms with Gasteiger partial charge in [0.05, 0.1) is 6.61 Å². The van der Waals surface area contributed by atoms with Gasteiger partial charge < -0.3 is 19.9 Å². The van der Waals surface area contributed by atoms with Crippen molar-refractivity contribution in [1.82, 2.24) is 4.90 Å². The summed E-state index contributed by atoms with van der Waals surface area (Å²) in [5.41, 5.74) is 4.37. The third-order valence-corrected chi connectivity index (χ3v) is 6.24. The SMILES string of the molecule is CCCOc1cccc(C(=O)Nc2ccc(N3CCN(C(=O)c4ccc(CC)cc4)CC3)cc2)c1. The van der Waals surface area contributed by atoms with Crippen molar-refractivity contribution in [1.29, 1.82) is 0 Å². The van der Waals surface area contributed by atoms with Gasteiger partial charge in [0.1, 0.15) is 5.75 Å². The Morgan fingerprint density at radius 3 is 2.23 bits per heavy atom. The van der Waals surface area contributed by atoms with E-state index in [4.69, 9.17) is 4.74 Å². The van der Waals surface area contributed by atoms with Gasteiger partial charge in [0.25, 0.3) is 11.8 Å². The van der Waals surface area contributed by atoms with Crippen LogP contribution in [0.1, 0.15) is 46.5 Å². The van der Waals surface area contributed by atoms with Crippen molar-refractivity contribution in [2.45, 2.75) is 26.7 Å². The fraction of sp³-hybridized carbons (Fsp3) is 0.310. The van der Waals surface area contributed by atoms with E-state index in [1.807, 2.05) is 72.5 Å². The second-order valence-corrected chi connectivity index (χ2v) is 8.71. The predicted octanol–water partition coefficient (Wildman–Crippen LogP) is 5.25. The Bertz CT molecular complexity index is 1130. The average Bonchev–Trinajstić information content (AvgIpc) is 2.92. The fourth-order valence-corrected chi connectivity index (χ4v) is 4.14. The van der Waals surface area contributed by atoms with Crippen molar-refractivity contribution >= 4 is 23.2 Å². The average molecular weight is 472 g/mol. The van der Waals surface area contributed by atoms with E-state index < -0.39 is 0 Å². The predicted molar refractivity (Wildman–Crippen MR) is 141 cm³/mol. The number of nitrogens with one attached hydrogen (secondary N) is 1. The minimum atomic E-state index is -0.168. The zero-order valence-electron chi connectivity index (χ0n) is 20.5. The third kappa shape index (κ3) is 6.21. The van der Waals surface area contributed by atoms with E-state index >= 15 is 0 Å². The van der Waals surface area contributed by atoms with Crippen molar-refractivity contribution < 1.29 is 14.3 Å². The van der Waals surface area contributed by atoms with Gasteiger partial charge in [-0.05, 0) is 73.0 Å². The molecule has 0 unspecified atom stereocenters. The molecular formula is C29H33N3O3. The largest absolute Gasteiger partial charge is 0.494 e. The van der Waals surface area contributed by atoms with Crippen LogP contribution in [0.5, 0.6) is 5.75 Å². The van der Waals surface area contributed by atoms with Crippen LogP contribution in [-0.4, -0.2) is 49.5 Å². The van der Waals surface area contributed by atoms with Gasteiger partial charge in [-0.3, -0.25) is 9.59 Å². The molecule has 182 valence electrons. The molecular weight excluding hydrogens is 438 g/mol. The van der Waals surface area contributed by atoms with Gasteiger partial charge in [-0.25, -0.2) is 0 Å². The Morgan fingerprint density at radius 2 is 1.57 bits per heavy atom. The smallest absolute Gasteiger partial charge is 0.255 e. The summed E-state index contributed by atoms with van der Waals surface area (Å²) in [4.78, 5) is 29.7. The zero-order valence-corrected chi connectivity index (χ0v) is 20.5. The Labute approximate surface area is 207 Å². The first-order chi connectivity index (χ1) is 17.1. The second kappa shape index (κ2) is 11.6. The number of aryl methyl sites for hydroxylation is 1. The minimum absolute atomic E-state index is 0.0922. The van der Waals surface area contributed by atoms with E-state index in [9.17, 15) is 9.59 Å². The van der Waals surface area contributed by atoms with E-state index in [-0.39, 0.29) is 11.8 Å². The van der Waals surface area contributed by atoms with Gasteiger partial charge in [-0.15, -0.1) is 0 Å². The molecule has 35 heavy (non-hydrogen) atoms. The molecule has 1 heterocycles. The first-order valence-corrected chi connectivity index (χ1v) is 12.3. The lowest BCUT2D eigenvalue weighted by atomic mass is 10.1. The van der Waals surface area contributed by atoms with Crippen LogP contribution in [0.3, 0.4) is 0 Å². The monoisotopic (exact) mass is 471 g/mol. The molecule has 6 heteroatoms.